The molecular formula is C21H30Cl2N2O4S. The Kier molecular flexibility index (Phi) is 9.98. The number of halogens is 2. The molecule has 3 atom stereocenters. The number of hydrogen-bond acceptors (Lipinski definition) is 4. The van der Waals surface area contributed by atoms with E-state index in [-0.39, 0.29) is 11.8 Å². The van der Waals surface area contributed by atoms with Crippen molar-refractivity contribution >= 4 is 52.7 Å². The van der Waals surface area contributed by atoms with Gasteiger partial charge in [-0.05, 0) is 36.0 Å². The van der Waals surface area contributed by atoms with Crippen LogP contribution in [-0.4, -0.2) is 41.2 Å². The van der Waals surface area contributed by atoms with Crippen LogP contribution in [0.1, 0.15) is 41.0 Å². The lowest BCUT2D eigenvalue weighted by molar-refractivity contribution is -0.141. The second kappa shape index (κ2) is 11.3. The van der Waals surface area contributed by atoms with Crippen molar-refractivity contribution in [2.75, 3.05) is 7.05 Å². The summed E-state index contributed by atoms with van der Waals surface area (Å²) in [6.45, 7) is 9.34. The third-order valence-electron chi connectivity index (χ3n) is 4.43. The van der Waals surface area contributed by atoms with E-state index in [2.05, 4.69) is 10.6 Å². The second-order valence-electron chi connectivity index (χ2n) is 8.64. The molecule has 0 unspecified atom stereocenters. The average Bonchev–Trinajstić information content (AvgIpc) is 2.59. The van der Waals surface area contributed by atoms with Gasteiger partial charge in [0, 0.05) is 22.0 Å². The van der Waals surface area contributed by atoms with Gasteiger partial charge in [-0.25, -0.2) is 0 Å². The maximum atomic E-state index is 13.2. The highest BCUT2D eigenvalue weighted by atomic mass is 35.5. The average molecular weight is 477 g/mol. The molecule has 0 radical (unpaired) electrons. The van der Waals surface area contributed by atoms with Gasteiger partial charge in [-0.15, -0.1) is 11.8 Å². The monoisotopic (exact) mass is 476 g/mol. The number of carbonyl (C=O) groups excluding carboxylic acids is 2. The molecule has 0 aliphatic heterocycles. The Hall–Kier alpha value is -1.44. The first kappa shape index (κ1) is 26.6. The molecule has 1 aromatic rings. The third-order valence-corrected chi connectivity index (χ3v) is 6.16. The molecule has 0 aliphatic carbocycles. The van der Waals surface area contributed by atoms with E-state index in [4.69, 9.17) is 23.2 Å². The van der Waals surface area contributed by atoms with Crippen molar-refractivity contribution < 1.29 is 19.5 Å². The van der Waals surface area contributed by atoms with Crippen LogP contribution in [0.25, 0.3) is 0 Å². The minimum atomic E-state index is -1.12. The summed E-state index contributed by atoms with van der Waals surface area (Å²) in [6, 6.07) is 3.98. The third kappa shape index (κ3) is 8.00. The van der Waals surface area contributed by atoms with Gasteiger partial charge >= 0.3 is 5.97 Å². The van der Waals surface area contributed by atoms with Crippen molar-refractivity contribution in [1.82, 2.24) is 10.6 Å². The Labute approximate surface area is 192 Å². The lowest BCUT2D eigenvalue weighted by Gasteiger charge is -2.32. The molecule has 0 saturated heterocycles. The summed E-state index contributed by atoms with van der Waals surface area (Å²) in [5.41, 5.74) is -0.551. The van der Waals surface area contributed by atoms with Crippen LogP contribution in [-0.2, 0) is 14.4 Å². The van der Waals surface area contributed by atoms with E-state index >= 15 is 0 Å². The summed E-state index contributed by atoms with van der Waals surface area (Å²) < 4.78 is 0. The van der Waals surface area contributed by atoms with E-state index in [1.807, 2.05) is 34.6 Å². The summed E-state index contributed by atoms with van der Waals surface area (Å²) in [5.74, 6) is -2.72. The van der Waals surface area contributed by atoms with Gasteiger partial charge < -0.3 is 15.7 Å². The lowest BCUT2D eigenvalue weighted by atomic mass is 9.85. The molecule has 2 amide bonds. The van der Waals surface area contributed by atoms with Crippen molar-refractivity contribution in [3.8, 4) is 0 Å². The molecule has 0 fully saturated rings. The zero-order valence-corrected chi connectivity index (χ0v) is 20.4. The number of carbonyl (C=O) groups is 3. The predicted octanol–water partition coefficient (Wildman–Crippen LogP) is 4.48. The summed E-state index contributed by atoms with van der Waals surface area (Å²) in [7, 11) is 1.50. The molecule has 0 spiro atoms. The van der Waals surface area contributed by atoms with E-state index in [1.165, 1.54) is 7.05 Å². The van der Waals surface area contributed by atoms with Gasteiger partial charge in [-0.1, -0.05) is 57.8 Å². The molecule has 0 aromatic heterocycles. The standard InChI is InChI=1S/C21H30Cl2N2O4S/c1-11(2)7-15(18(26)25-17(19(27)24-6)21(3,4)5)16(20(28)29)30-14-9-12(22)8-13(23)10-14/h8-11,15-17H,7H2,1-6H3,(H,24,27)(H,25,26)(H,28,29)/t15-,16+,17-/m1/s1. The molecule has 1 rings (SSSR count). The Morgan fingerprint density at radius 1 is 1.07 bits per heavy atom. The quantitative estimate of drug-likeness (QED) is 0.456. The summed E-state index contributed by atoms with van der Waals surface area (Å²) in [4.78, 5) is 38.2. The molecule has 1 aromatic carbocycles. The number of aliphatic carboxylic acids is 1. The fourth-order valence-corrected chi connectivity index (χ4v) is 4.83. The number of benzene rings is 1. The van der Waals surface area contributed by atoms with Gasteiger partial charge in [0.15, 0.2) is 0 Å². The molecular weight excluding hydrogens is 447 g/mol. The van der Waals surface area contributed by atoms with Gasteiger partial charge in [0.05, 0.1) is 5.92 Å². The fourth-order valence-electron chi connectivity index (χ4n) is 2.99. The predicted molar refractivity (Wildman–Crippen MR) is 122 cm³/mol. The fraction of sp³-hybridized carbons (Fsp3) is 0.571. The highest BCUT2D eigenvalue weighted by molar-refractivity contribution is 8.00. The van der Waals surface area contributed by atoms with Crippen LogP contribution >= 0.6 is 35.0 Å². The Balaban J connectivity index is 3.26. The van der Waals surface area contributed by atoms with Crippen LogP contribution in [0.4, 0.5) is 0 Å². The van der Waals surface area contributed by atoms with E-state index in [1.54, 1.807) is 18.2 Å². The molecule has 30 heavy (non-hydrogen) atoms. The summed E-state index contributed by atoms with van der Waals surface area (Å²) >= 11 is 13.1. The molecule has 0 saturated carbocycles. The first-order valence-electron chi connectivity index (χ1n) is 9.63. The Bertz CT molecular complexity index is 761. The van der Waals surface area contributed by atoms with Crippen LogP contribution in [0.2, 0.25) is 10.0 Å². The zero-order valence-electron chi connectivity index (χ0n) is 18.1. The van der Waals surface area contributed by atoms with Crippen molar-refractivity contribution in [3.05, 3.63) is 28.2 Å². The number of likely N-dealkylation sites (N-methyl/N-ethyl adjacent to an activating group) is 1. The Morgan fingerprint density at radius 2 is 1.60 bits per heavy atom. The highest BCUT2D eigenvalue weighted by Crippen LogP contribution is 2.35. The van der Waals surface area contributed by atoms with Crippen LogP contribution in [0, 0.1) is 17.3 Å². The first-order valence-corrected chi connectivity index (χ1v) is 11.3. The van der Waals surface area contributed by atoms with Crippen LogP contribution in [0.5, 0.6) is 0 Å². The van der Waals surface area contributed by atoms with E-state index in [9.17, 15) is 19.5 Å². The van der Waals surface area contributed by atoms with Crippen LogP contribution in [0.3, 0.4) is 0 Å². The van der Waals surface area contributed by atoms with Crippen LogP contribution in [0.15, 0.2) is 23.1 Å². The van der Waals surface area contributed by atoms with E-state index in [0.717, 1.165) is 11.8 Å². The molecule has 6 nitrogen and oxygen atoms in total. The van der Waals surface area contributed by atoms with Crippen molar-refractivity contribution in [2.24, 2.45) is 17.3 Å². The van der Waals surface area contributed by atoms with Gasteiger partial charge in [0.25, 0.3) is 0 Å². The number of nitrogens with one attached hydrogen (secondary N) is 2. The van der Waals surface area contributed by atoms with Crippen molar-refractivity contribution in [3.63, 3.8) is 0 Å². The maximum Gasteiger partial charge on any atom is 0.317 e. The first-order chi connectivity index (χ1) is 13.8. The SMILES string of the molecule is CNC(=O)[C@@H](NC(=O)[C@H](CC(C)C)[C@H](Sc1cc(Cl)cc(Cl)c1)C(=O)O)C(C)(C)C. The molecule has 0 heterocycles. The van der Waals surface area contributed by atoms with Gasteiger partial charge in [0.2, 0.25) is 11.8 Å². The summed E-state index contributed by atoms with van der Waals surface area (Å²) in [6.07, 6.45) is 0.342. The zero-order chi connectivity index (χ0) is 23.2. The molecule has 168 valence electrons. The van der Waals surface area contributed by atoms with Gasteiger partial charge in [-0.2, -0.15) is 0 Å². The number of amides is 2. The maximum absolute atomic E-state index is 13.2. The number of hydrogen-bond donors (Lipinski definition) is 3. The number of thioether (sulfide) groups is 1. The summed E-state index contributed by atoms with van der Waals surface area (Å²) in [5, 5.41) is 14.9. The minimum absolute atomic E-state index is 0.0687. The molecule has 9 heteroatoms. The topological polar surface area (TPSA) is 95.5 Å². The Morgan fingerprint density at radius 3 is 2.00 bits per heavy atom. The van der Waals surface area contributed by atoms with E-state index < -0.39 is 34.5 Å². The van der Waals surface area contributed by atoms with Gasteiger partial charge in [0.1, 0.15) is 11.3 Å². The minimum Gasteiger partial charge on any atom is -0.480 e. The second-order valence-corrected chi connectivity index (χ2v) is 10.7. The normalized spacial score (nSPS) is 14.7. The molecule has 0 bridgehead atoms. The van der Waals surface area contributed by atoms with Crippen molar-refractivity contribution in [1.29, 1.82) is 0 Å². The molecule has 0 aliphatic rings. The smallest absolute Gasteiger partial charge is 0.317 e. The van der Waals surface area contributed by atoms with Crippen molar-refractivity contribution in [2.45, 2.75) is 57.2 Å². The van der Waals surface area contributed by atoms with Gasteiger partial charge in [-0.3, -0.25) is 14.4 Å². The van der Waals surface area contributed by atoms with Crippen LogP contribution < -0.4 is 10.6 Å². The number of carboxylic acid groups (broad SMARTS) is 1. The number of rotatable bonds is 9. The largest absolute Gasteiger partial charge is 0.480 e. The number of carboxylic acids is 1. The molecule has 3 N–H and O–H groups in total. The highest BCUT2D eigenvalue weighted by Gasteiger charge is 2.39. The van der Waals surface area contributed by atoms with E-state index in [0.29, 0.717) is 21.4 Å². The lowest BCUT2D eigenvalue weighted by Crippen LogP contribution is -2.55.